The second kappa shape index (κ2) is 8.60. The Morgan fingerprint density at radius 1 is 1.14 bits per heavy atom. The van der Waals surface area contributed by atoms with Crippen LogP contribution in [0.4, 0.5) is 38.0 Å². The summed E-state index contributed by atoms with van der Waals surface area (Å²) in [7, 11) is 1.30. The lowest BCUT2D eigenvalue weighted by atomic mass is 10.0. The van der Waals surface area contributed by atoms with Crippen molar-refractivity contribution in [3.63, 3.8) is 0 Å². The third-order valence-corrected chi connectivity index (χ3v) is 5.89. The molecule has 1 fully saturated rings. The van der Waals surface area contributed by atoms with Crippen LogP contribution in [0.1, 0.15) is 34.3 Å². The molecule has 4 rings (SSSR count). The van der Waals surface area contributed by atoms with Crippen LogP contribution in [0.3, 0.4) is 0 Å². The monoisotopic (exact) mass is 515 g/mol. The number of methoxy groups -OCH3 is 1. The summed E-state index contributed by atoms with van der Waals surface area (Å²) < 4.78 is 85.3. The molecule has 3 aromatic rings. The first-order valence-corrected chi connectivity index (χ1v) is 10.4. The lowest BCUT2D eigenvalue weighted by Gasteiger charge is -2.19. The summed E-state index contributed by atoms with van der Waals surface area (Å²) in [6.07, 6.45) is -10.2. The fourth-order valence-electron chi connectivity index (χ4n) is 3.75. The number of anilines is 2. The molecule has 1 heterocycles. The summed E-state index contributed by atoms with van der Waals surface area (Å²) >= 11 is 0. The molecule has 0 spiro atoms. The Morgan fingerprint density at radius 2 is 1.83 bits per heavy atom. The Labute approximate surface area is 199 Å². The number of carbonyl (C=O) groups is 2. The molecule has 1 aliphatic carbocycles. The topological polar surface area (TPSA) is 122 Å². The van der Waals surface area contributed by atoms with Crippen LogP contribution < -0.4 is 21.1 Å². The number of nitrogens with two attached hydrogens (primary N) is 1. The van der Waals surface area contributed by atoms with Gasteiger partial charge in [0.15, 0.2) is 0 Å². The molecule has 5 N–H and O–H groups in total. The highest BCUT2D eigenvalue weighted by molar-refractivity contribution is 5.99. The summed E-state index contributed by atoms with van der Waals surface area (Å²) in [6, 6.07) is 5.57. The summed E-state index contributed by atoms with van der Waals surface area (Å²) in [5.74, 6) is -2.00. The molecule has 2 amide bonds. The lowest BCUT2D eigenvalue weighted by Crippen LogP contribution is -2.40. The summed E-state index contributed by atoms with van der Waals surface area (Å²) in [5.41, 5.74) is 2.05. The van der Waals surface area contributed by atoms with Gasteiger partial charge in [-0.05, 0) is 36.6 Å². The van der Waals surface area contributed by atoms with Gasteiger partial charge in [-0.15, -0.1) is 0 Å². The van der Waals surface area contributed by atoms with Crippen molar-refractivity contribution in [3.05, 3.63) is 47.0 Å². The SMILES string of the molecule is COc1cc2nc(Nc3cc(CNC(=O)C4(C(F)(F)F)CC4)ccc3C(F)(F)F)[nH]c2cc1C(N)=O. The minimum Gasteiger partial charge on any atom is -0.496 e. The molecular formula is C22H19F6N5O3. The van der Waals surface area contributed by atoms with Gasteiger partial charge in [-0.3, -0.25) is 9.59 Å². The van der Waals surface area contributed by atoms with Gasteiger partial charge < -0.3 is 26.1 Å². The molecule has 0 bridgehead atoms. The van der Waals surface area contributed by atoms with E-state index in [1.54, 1.807) is 0 Å². The molecule has 0 atom stereocenters. The number of rotatable bonds is 7. The molecule has 0 radical (unpaired) electrons. The normalized spacial score (nSPS) is 15.0. The number of nitrogens with one attached hydrogen (secondary N) is 3. The smallest absolute Gasteiger partial charge is 0.418 e. The third-order valence-electron chi connectivity index (χ3n) is 5.89. The first-order valence-electron chi connectivity index (χ1n) is 10.4. The van der Waals surface area contributed by atoms with Crippen molar-refractivity contribution in [1.29, 1.82) is 0 Å². The number of nitrogens with zero attached hydrogens (tertiary/aromatic N) is 1. The summed E-state index contributed by atoms with van der Waals surface area (Å²) in [5, 5.41) is 4.67. The average molecular weight is 515 g/mol. The van der Waals surface area contributed by atoms with Crippen LogP contribution in [0.25, 0.3) is 11.0 Å². The number of alkyl halides is 6. The molecule has 0 unspecified atom stereocenters. The Bertz CT molecular complexity index is 1340. The Balaban J connectivity index is 1.61. The van der Waals surface area contributed by atoms with E-state index in [0.717, 1.165) is 18.2 Å². The highest BCUT2D eigenvalue weighted by Crippen LogP contribution is 2.57. The fourth-order valence-corrected chi connectivity index (χ4v) is 3.75. The zero-order chi connectivity index (χ0) is 26.5. The van der Waals surface area contributed by atoms with Crippen molar-refractivity contribution in [1.82, 2.24) is 15.3 Å². The van der Waals surface area contributed by atoms with Crippen LogP contribution in [0.15, 0.2) is 30.3 Å². The number of hydrogen-bond donors (Lipinski definition) is 4. The fraction of sp³-hybridized carbons (Fsp3) is 0.318. The van der Waals surface area contributed by atoms with E-state index < -0.39 is 47.4 Å². The molecule has 0 aliphatic heterocycles. The van der Waals surface area contributed by atoms with Crippen LogP contribution in [0.5, 0.6) is 5.75 Å². The maximum atomic E-state index is 13.6. The van der Waals surface area contributed by atoms with Crippen molar-refractivity contribution in [3.8, 4) is 5.75 Å². The first kappa shape index (κ1) is 25.1. The largest absolute Gasteiger partial charge is 0.496 e. The maximum absolute atomic E-state index is 13.6. The number of benzene rings is 2. The second-order valence-corrected chi connectivity index (χ2v) is 8.28. The van der Waals surface area contributed by atoms with Gasteiger partial charge in [0.1, 0.15) is 11.2 Å². The number of imidazole rings is 1. The predicted molar refractivity (Wildman–Crippen MR) is 115 cm³/mol. The standard InChI is InChI=1S/C22H19F6N5O3/c1-36-16-8-15-14(7-11(16)17(29)34)32-19(33-15)31-13-6-10(2-3-12(13)21(23,24)25)9-30-18(35)20(4-5-20)22(26,27)28/h2-3,6-8H,4-5,9H2,1H3,(H2,29,34)(H,30,35)(H2,31,32,33). The van der Waals surface area contributed by atoms with E-state index in [1.807, 2.05) is 0 Å². The molecule has 0 saturated heterocycles. The molecule has 8 nitrogen and oxygen atoms in total. The summed E-state index contributed by atoms with van der Waals surface area (Å²) in [4.78, 5) is 30.6. The van der Waals surface area contributed by atoms with Crippen LogP contribution in [0, 0.1) is 5.41 Å². The summed E-state index contributed by atoms with van der Waals surface area (Å²) in [6.45, 7) is -0.414. The molecule has 1 aromatic heterocycles. The van der Waals surface area contributed by atoms with Crippen molar-refractivity contribution in [2.75, 3.05) is 12.4 Å². The highest BCUT2D eigenvalue weighted by Gasteiger charge is 2.68. The number of aromatic nitrogens is 2. The van der Waals surface area contributed by atoms with Crippen molar-refractivity contribution < 1.29 is 40.7 Å². The average Bonchev–Trinajstić information content (AvgIpc) is 3.52. The molecule has 1 aliphatic rings. The number of amides is 2. The number of fused-ring (bicyclic) bond motifs is 1. The van der Waals surface area contributed by atoms with Crippen molar-refractivity contribution >= 4 is 34.5 Å². The number of aromatic amines is 1. The van der Waals surface area contributed by atoms with Gasteiger partial charge in [-0.25, -0.2) is 4.98 Å². The number of ether oxygens (including phenoxy) is 1. The molecule has 192 valence electrons. The van der Waals surface area contributed by atoms with Gasteiger partial charge in [0, 0.05) is 12.6 Å². The van der Waals surface area contributed by atoms with E-state index in [2.05, 4.69) is 20.6 Å². The van der Waals surface area contributed by atoms with E-state index in [0.29, 0.717) is 0 Å². The Kier molecular flexibility index (Phi) is 6.01. The molecule has 36 heavy (non-hydrogen) atoms. The van der Waals surface area contributed by atoms with E-state index >= 15 is 0 Å². The minimum absolute atomic E-state index is 0.0289. The number of H-pyrrole nitrogens is 1. The van der Waals surface area contributed by atoms with Crippen LogP contribution in [-0.2, 0) is 17.5 Å². The molecular weight excluding hydrogens is 496 g/mol. The van der Waals surface area contributed by atoms with Gasteiger partial charge in [0.25, 0.3) is 5.91 Å². The highest BCUT2D eigenvalue weighted by atomic mass is 19.4. The number of carbonyl (C=O) groups excluding carboxylic acids is 2. The van der Waals surface area contributed by atoms with Gasteiger partial charge in [-0.1, -0.05) is 6.07 Å². The zero-order valence-corrected chi connectivity index (χ0v) is 18.5. The quantitative estimate of drug-likeness (QED) is 0.348. The molecule has 2 aromatic carbocycles. The van der Waals surface area contributed by atoms with Crippen molar-refractivity contribution in [2.24, 2.45) is 11.1 Å². The van der Waals surface area contributed by atoms with Crippen molar-refractivity contribution in [2.45, 2.75) is 31.7 Å². The maximum Gasteiger partial charge on any atom is 0.418 e. The first-order chi connectivity index (χ1) is 16.7. The zero-order valence-electron chi connectivity index (χ0n) is 18.5. The number of hydrogen-bond acceptors (Lipinski definition) is 5. The Hall–Kier alpha value is -3.97. The molecule has 14 heteroatoms. The second-order valence-electron chi connectivity index (χ2n) is 8.28. The van der Waals surface area contributed by atoms with E-state index in [1.165, 1.54) is 19.2 Å². The van der Waals surface area contributed by atoms with Crippen LogP contribution >= 0.6 is 0 Å². The lowest BCUT2D eigenvalue weighted by molar-refractivity contribution is -0.192. The Morgan fingerprint density at radius 3 is 2.39 bits per heavy atom. The third kappa shape index (κ3) is 4.62. The van der Waals surface area contributed by atoms with Crippen LogP contribution in [0.2, 0.25) is 0 Å². The number of halogens is 6. The van der Waals surface area contributed by atoms with Gasteiger partial charge in [0.2, 0.25) is 11.9 Å². The number of primary amides is 1. The van der Waals surface area contributed by atoms with E-state index in [9.17, 15) is 35.9 Å². The van der Waals surface area contributed by atoms with Gasteiger partial charge in [-0.2, -0.15) is 26.3 Å². The van der Waals surface area contributed by atoms with Gasteiger partial charge in [0.05, 0.1) is 35.0 Å². The van der Waals surface area contributed by atoms with E-state index in [4.69, 9.17) is 10.5 Å². The minimum atomic E-state index is -4.77. The van der Waals surface area contributed by atoms with E-state index in [-0.39, 0.29) is 46.7 Å². The van der Waals surface area contributed by atoms with Gasteiger partial charge >= 0.3 is 12.4 Å². The van der Waals surface area contributed by atoms with Crippen LogP contribution in [-0.4, -0.2) is 35.1 Å². The predicted octanol–water partition coefficient (Wildman–Crippen LogP) is 4.39. The molecule has 1 saturated carbocycles.